The average molecular weight is 380 g/mol. The molecule has 1 N–H and O–H groups in total. The van der Waals surface area contributed by atoms with Gasteiger partial charge in [-0.3, -0.25) is 0 Å². The Morgan fingerprint density at radius 3 is 2.50 bits per heavy atom. The summed E-state index contributed by atoms with van der Waals surface area (Å²) in [6, 6.07) is 3.72. The fourth-order valence-corrected chi connectivity index (χ4v) is 3.54. The van der Waals surface area contributed by atoms with Crippen molar-refractivity contribution in [2.75, 3.05) is 6.61 Å². The molecule has 1 aromatic carbocycles. The number of halogens is 2. The van der Waals surface area contributed by atoms with Crippen molar-refractivity contribution in [3.8, 4) is 5.75 Å². The van der Waals surface area contributed by atoms with E-state index in [1.165, 1.54) is 0 Å². The lowest BCUT2D eigenvalue weighted by Gasteiger charge is -2.15. The zero-order valence-corrected chi connectivity index (χ0v) is 13.3. The van der Waals surface area contributed by atoms with E-state index < -0.39 is 0 Å². The van der Waals surface area contributed by atoms with E-state index in [9.17, 15) is 0 Å². The summed E-state index contributed by atoms with van der Waals surface area (Å²) in [5, 5.41) is 9.11. The molecule has 2 rings (SSSR count). The van der Waals surface area contributed by atoms with Crippen molar-refractivity contribution in [1.82, 2.24) is 0 Å². The first-order valence-corrected chi connectivity index (χ1v) is 7.55. The fourth-order valence-electron chi connectivity index (χ4n) is 2.03. The van der Waals surface area contributed by atoms with E-state index in [1.54, 1.807) is 0 Å². The van der Waals surface area contributed by atoms with Crippen LogP contribution in [-0.4, -0.2) is 23.9 Å². The van der Waals surface area contributed by atoms with Gasteiger partial charge in [-0.15, -0.1) is 0 Å². The summed E-state index contributed by atoms with van der Waals surface area (Å²) in [5.41, 5.74) is 0.840. The van der Waals surface area contributed by atoms with Crippen LogP contribution in [-0.2, 0) is 11.3 Å². The van der Waals surface area contributed by atoms with Crippen LogP contribution in [0.1, 0.15) is 25.3 Å². The molecule has 100 valence electrons. The number of benzene rings is 1. The number of aliphatic hydroxyl groups is 1. The van der Waals surface area contributed by atoms with E-state index >= 15 is 0 Å². The first kappa shape index (κ1) is 14.3. The second-order valence-corrected chi connectivity index (χ2v) is 6.21. The van der Waals surface area contributed by atoms with Crippen LogP contribution in [0.4, 0.5) is 0 Å². The maximum atomic E-state index is 9.11. The minimum atomic E-state index is 0.0146. The summed E-state index contributed by atoms with van der Waals surface area (Å²) < 4.78 is 13.2. The number of rotatable bonds is 4. The molecule has 2 atom stereocenters. The molecule has 18 heavy (non-hydrogen) atoms. The van der Waals surface area contributed by atoms with E-state index in [0.29, 0.717) is 12.7 Å². The van der Waals surface area contributed by atoms with Gasteiger partial charge in [-0.25, -0.2) is 0 Å². The van der Waals surface area contributed by atoms with Crippen LogP contribution >= 0.6 is 31.9 Å². The molecule has 1 fully saturated rings. The van der Waals surface area contributed by atoms with Crippen LogP contribution in [0.25, 0.3) is 0 Å². The van der Waals surface area contributed by atoms with Gasteiger partial charge in [-0.1, -0.05) is 0 Å². The average Bonchev–Trinajstić information content (AvgIpc) is 2.73. The third-order valence-corrected chi connectivity index (χ3v) is 4.15. The van der Waals surface area contributed by atoms with Gasteiger partial charge in [-0.2, -0.15) is 0 Å². The molecule has 0 aromatic heterocycles. The minimum absolute atomic E-state index is 0.0146. The normalized spacial score (nSPS) is 23.3. The van der Waals surface area contributed by atoms with Gasteiger partial charge in [0.05, 0.1) is 27.8 Å². The molecule has 0 spiro atoms. The second kappa shape index (κ2) is 6.37. The van der Waals surface area contributed by atoms with E-state index in [4.69, 9.17) is 14.6 Å². The van der Waals surface area contributed by atoms with Crippen LogP contribution < -0.4 is 4.74 Å². The van der Waals surface area contributed by atoms with Crippen molar-refractivity contribution in [1.29, 1.82) is 0 Å². The van der Waals surface area contributed by atoms with Gasteiger partial charge in [0, 0.05) is 0 Å². The van der Waals surface area contributed by atoms with Crippen molar-refractivity contribution in [3.63, 3.8) is 0 Å². The third-order valence-electron chi connectivity index (χ3n) is 2.97. The van der Waals surface area contributed by atoms with Crippen molar-refractivity contribution < 1.29 is 14.6 Å². The Kier molecular flexibility index (Phi) is 5.06. The van der Waals surface area contributed by atoms with E-state index in [2.05, 4.69) is 38.8 Å². The molecule has 0 amide bonds. The molecule has 1 aliphatic heterocycles. The van der Waals surface area contributed by atoms with Gasteiger partial charge in [0.2, 0.25) is 0 Å². The Hall–Kier alpha value is -0.100. The lowest BCUT2D eigenvalue weighted by Crippen LogP contribution is -2.18. The van der Waals surface area contributed by atoms with Crippen molar-refractivity contribution in [2.24, 2.45) is 0 Å². The molecule has 0 aliphatic carbocycles. The largest absolute Gasteiger partial charge is 0.489 e. The highest BCUT2D eigenvalue weighted by atomic mass is 79.9. The topological polar surface area (TPSA) is 38.7 Å². The Morgan fingerprint density at radius 1 is 1.33 bits per heavy atom. The molecule has 1 saturated heterocycles. The number of hydrogen-bond acceptors (Lipinski definition) is 3. The predicted molar refractivity (Wildman–Crippen MR) is 76.8 cm³/mol. The molecule has 3 nitrogen and oxygen atoms in total. The summed E-state index contributed by atoms with van der Waals surface area (Å²) >= 11 is 6.91. The molecule has 0 bridgehead atoms. The summed E-state index contributed by atoms with van der Waals surface area (Å²) in [5.74, 6) is 0.760. The minimum Gasteiger partial charge on any atom is -0.489 e. The highest BCUT2D eigenvalue weighted by Gasteiger charge is 2.23. The Balaban J connectivity index is 2.01. The Morgan fingerprint density at radius 2 is 2.00 bits per heavy atom. The molecule has 0 radical (unpaired) electrons. The summed E-state index contributed by atoms with van der Waals surface area (Å²) in [4.78, 5) is 0. The smallest absolute Gasteiger partial charge is 0.147 e. The highest BCUT2D eigenvalue weighted by molar-refractivity contribution is 9.11. The van der Waals surface area contributed by atoms with Crippen LogP contribution in [0.5, 0.6) is 5.75 Å². The lowest BCUT2D eigenvalue weighted by atomic mass is 10.2. The van der Waals surface area contributed by atoms with Crippen LogP contribution in [0.15, 0.2) is 21.1 Å². The van der Waals surface area contributed by atoms with Gasteiger partial charge in [0.15, 0.2) is 0 Å². The van der Waals surface area contributed by atoms with Gasteiger partial charge in [-0.05, 0) is 69.3 Å². The van der Waals surface area contributed by atoms with E-state index in [0.717, 1.165) is 33.1 Å². The standard InChI is InChI=1S/C13H16Br2O3/c1-8-2-3-10(18-8)7-17-13-11(14)4-9(6-16)5-12(13)15/h4-5,8,10,16H,2-3,6-7H2,1H3. The summed E-state index contributed by atoms with van der Waals surface area (Å²) in [6.45, 7) is 2.66. The summed E-state index contributed by atoms with van der Waals surface area (Å²) in [6.07, 6.45) is 2.66. The highest BCUT2D eigenvalue weighted by Crippen LogP contribution is 2.35. The maximum Gasteiger partial charge on any atom is 0.147 e. The van der Waals surface area contributed by atoms with Crippen LogP contribution in [0.3, 0.4) is 0 Å². The number of aliphatic hydroxyl groups excluding tert-OH is 1. The maximum absolute atomic E-state index is 9.11. The Bertz CT molecular complexity index is 400. The molecule has 1 aromatic rings. The fraction of sp³-hybridized carbons (Fsp3) is 0.538. The van der Waals surface area contributed by atoms with Crippen molar-refractivity contribution in [2.45, 2.75) is 38.6 Å². The van der Waals surface area contributed by atoms with Gasteiger partial charge < -0.3 is 14.6 Å². The predicted octanol–water partition coefficient (Wildman–Crippen LogP) is 3.65. The molecular weight excluding hydrogens is 364 g/mol. The Labute approximate surface area is 124 Å². The molecular formula is C13H16Br2O3. The van der Waals surface area contributed by atoms with E-state index in [-0.39, 0.29) is 12.7 Å². The molecule has 1 heterocycles. The van der Waals surface area contributed by atoms with Crippen molar-refractivity contribution >= 4 is 31.9 Å². The molecule has 5 heteroatoms. The van der Waals surface area contributed by atoms with E-state index in [1.807, 2.05) is 12.1 Å². The molecule has 1 aliphatic rings. The molecule has 2 unspecified atom stereocenters. The number of hydrogen-bond donors (Lipinski definition) is 1. The first-order valence-electron chi connectivity index (χ1n) is 5.97. The first-order chi connectivity index (χ1) is 8.60. The molecule has 0 saturated carbocycles. The quantitative estimate of drug-likeness (QED) is 0.867. The van der Waals surface area contributed by atoms with Crippen LogP contribution in [0.2, 0.25) is 0 Å². The zero-order valence-electron chi connectivity index (χ0n) is 10.2. The second-order valence-electron chi connectivity index (χ2n) is 4.50. The zero-order chi connectivity index (χ0) is 13.1. The van der Waals surface area contributed by atoms with Gasteiger partial charge >= 0.3 is 0 Å². The van der Waals surface area contributed by atoms with Crippen LogP contribution in [0, 0.1) is 0 Å². The number of ether oxygens (including phenoxy) is 2. The third kappa shape index (κ3) is 3.47. The monoisotopic (exact) mass is 378 g/mol. The lowest BCUT2D eigenvalue weighted by molar-refractivity contribution is 0.0261. The van der Waals surface area contributed by atoms with Gasteiger partial charge in [0.1, 0.15) is 12.4 Å². The summed E-state index contributed by atoms with van der Waals surface area (Å²) in [7, 11) is 0. The van der Waals surface area contributed by atoms with Crippen molar-refractivity contribution in [3.05, 3.63) is 26.6 Å². The van der Waals surface area contributed by atoms with Gasteiger partial charge in [0.25, 0.3) is 0 Å². The SMILES string of the molecule is CC1CCC(COc2c(Br)cc(CO)cc2Br)O1.